The quantitative estimate of drug-likeness (QED) is 0.929. The summed E-state index contributed by atoms with van der Waals surface area (Å²) in [5.41, 5.74) is 8.57. The van der Waals surface area contributed by atoms with Crippen LogP contribution in [-0.4, -0.2) is 24.5 Å². The van der Waals surface area contributed by atoms with Crippen molar-refractivity contribution in [2.45, 2.75) is 26.3 Å². The second-order valence-corrected chi connectivity index (χ2v) is 6.00. The Hall–Kier alpha value is -0.380. The monoisotopic (exact) mass is 296 g/mol. The molecule has 2 nitrogen and oxygen atoms in total. The number of nitrogens with zero attached hydrogens (tertiary/aromatic N) is 1. The highest BCUT2D eigenvalue weighted by Crippen LogP contribution is 2.29. The van der Waals surface area contributed by atoms with Crippen LogP contribution in [0.5, 0.6) is 0 Å². The molecule has 2 N–H and O–H groups in total. The van der Waals surface area contributed by atoms with Crippen LogP contribution >= 0.6 is 15.9 Å². The largest absolute Gasteiger partial charge is 0.329 e. The van der Waals surface area contributed by atoms with E-state index in [4.69, 9.17) is 5.73 Å². The first-order valence-electron chi connectivity index (χ1n) is 6.32. The summed E-state index contributed by atoms with van der Waals surface area (Å²) >= 11 is 3.60. The zero-order valence-corrected chi connectivity index (χ0v) is 12.2. The molecule has 0 bridgehead atoms. The van der Waals surface area contributed by atoms with Crippen LogP contribution in [0.25, 0.3) is 0 Å². The van der Waals surface area contributed by atoms with Crippen LogP contribution in [0.15, 0.2) is 22.7 Å². The first kappa shape index (κ1) is 13.1. The van der Waals surface area contributed by atoms with Gasteiger partial charge >= 0.3 is 0 Å². The lowest BCUT2D eigenvalue weighted by Gasteiger charge is -2.27. The zero-order valence-electron chi connectivity index (χ0n) is 10.6. The molecule has 1 aliphatic heterocycles. The van der Waals surface area contributed by atoms with E-state index in [2.05, 4.69) is 52.9 Å². The van der Waals surface area contributed by atoms with Crippen LogP contribution < -0.4 is 5.73 Å². The van der Waals surface area contributed by atoms with E-state index in [9.17, 15) is 0 Å². The normalized spacial score (nSPS) is 22.9. The molecule has 2 atom stereocenters. The number of halogens is 1. The predicted octanol–water partition coefficient (Wildman–Crippen LogP) is 3.10. The second-order valence-electron chi connectivity index (χ2n) is 5.15. The van der Waals surface area contributed by atoms with Crippen molar-refractivity contribution < 1.29 is 0 Å². The maximum atomic E-state index is 5.96. The first-order valence-corrected chi connectivity index (χ1v) is 7.11. The van der Waals surface area contributed by atoms with Crippen molar-refractivity contribution in [1.29, 1.82) is 0 Å². The third kappa shape index (κ3) is 2.90. The van der Waals surface area contributed by atoms with Gasteiger partial charge in [0, 0.05) is 23.6 Å². The minimum Gasteiger partial charge on any atom is -0.329 e. The lowest BCUT2D eigenvalue weighted by molar-refractivity contribution is 0.243. The molecule has 3 heteroatoms. The van der Waals surface area contributed by atoms with E-state index in [0.717, 1.165) is 5.92 Å². The molecule has 1 aliphatic rings. The van der Waals surface area contributed by atoms with Crippen molar-refractivity contribution in [2.75, 3.05) is 19.6 Å². The molecule has 0 aliphatic carbocycles. The van der Waals surface area contributed by atoms with Crippen LogP contribution in [0.2, 0.25) is 0 Å². The number of nitrogens with two attached hydrogens (primary N) is 1. The van der Waals surface area contributed by atoms with E-state index in [1.54, 1.807) is 0 Å². The van der Waals surface area contributed by atoms with Crippen molar-refractivity contribution in [2.24, 2.45) is 11.7 Å². The highest BCUT2D eigenvalue weighted by molar-refractivity contribution is 9.10. The number of benzene rings is 1. The Morgan fingerprint density at radius 1 is 1.53 bits per heavy atom. The van der Waals surface area contributed by atoms with Crippen molar-refractivity contribution in [3.05, 3.63) is 33.8 Å². The molecule has 2 rings (SSSR count). The topological polar surface area (TPSA) is 29.3 Å². The molecule has 17 heavy (non-hydrogen) atoms. The summed E-state index contributed by atoms with van der Waals surface area (Å²) in [6, 6.07) is 6.97. The minimum atomic E-state index is 0.372. The van der Waals surface area contributed by atoms with E-state index < -0.39 is 0 Å². The molecule has 0 aromatic heterocycles. The predicted molar refractivity (Wildman–Crippen MR) is 76.0 cm³/mol. The Bertz CT molecular complexity index is 392. The summed E-state index contributed by atoms with van der Waals surface area (Å²) in [5.74, 6) is 0.804. The Morgan fingerprint density at radius 2 is 2.29 bits per heavy atom. The van der Waals surface area contributed by atoms with Gasteiger partial charge in [0.1, 0.15) is 0 Å². The SMILES string of the molecule is Cc1ccc(C(CN)N2CCC(C)C2)cc1Br. The number of hydrogen-bond donors (Lipinski definition) is 1. The van der Waals surface area contributed by atoms with Crippen LogP contribution in [0.1, 0.15) is 30.5 Å². The summed E-state index contributed by atoms with van der Waals surface area (Å²) in [5, 5.41) is 0. The van der Waals surface area contributed by atoms with Crippen LogP contribution in [-0.2, 0) is 0 Å². The highest BCUT2D eigenvalue weighted by Gasteiger charge is 2.26. The van der Waals surface area contributed by atoms with Crippen molar-refractivity contribution in [3.8, 4) is 0 Å². The molecular weight excluding hydrogens is 276 g/mol. The van der Waals surface area contributed by atoms with Gasteiger partial charge in [0.2, 0.25) is 0 Å². The van der Waals surface area contributed by atoms with Gasteiger partial charge < -0.3 is 5.73 Å². The molecule has 0 radical (unpaired) electrons. The Labute approximate surface area is 112 Å². The highest BCUT2D eigenvalue weighted by atomic mass is 79.9. The molecule has 1 fully saturated rings. The van der Waals surface area contributed by atoms with E-state index in [0.29, 0.717) is 12.6 Å². The molecule has 0 spiro atoms. The molecule has 1 aromatic carbocycles. The van der Waals surface area contributed by atoms with Gasteiger partial charge in [-0.25, -0.2) is 0 Å². The molecule has 0 saturated carbocycles. The summed E-state index contributed by atoms with van der Waals surface area (Å²) < 4.78 is 1.18. The molecule has 1 aromatic rings. The Morgan fingerprint density at radius 3 is 2.82 bits per heavy atom. The molecule has 94 valence electrons. The van der Waals surface area contributed by atoms with Gasteiger partial charge in [-0.2, -0.15) is 0 Å². The Kier molecular flexibility index (Phi) is 4.23. The van der Waals surface area contributed by atoms with Gasteiger partial charge in [-0.05, 0) is 43.0 Å². The number of aryl methyl sites for hydroxylation is 1. The van der Waals surface area contributed by atoms with Crippen LogP contribution in [0.3, 0.4) is 0 Å². The third-order valence-corrected chi connectivity index (χ3v) is 4.55. The van der Waals surface area contributed by atoms with Gasteiger partial charge in [0.25, 0.3) is 0 Å². The van der Waals surface area contributed by atoms with E-state index in [1.165, 1.54) is 35.1 Å². The molecule has 1 saturated heterocycles. The molecular formula is C14H21BrN2. The minimum absolute atomic E-state index is 0.372. The van der Waals surface area contributed by atoms with E-state index in [-0.39, 0.29) is 0 Å². The maximum absolute atomic E-state index is 5.96. The second kappa shape index (κ2) is 5.51. The Balaban J connectivity index is 2.20. The maximum Gasteiger partial charge on any atom is 0.0470 e. The standard InChI is InChI=1S/C14H21BrN2/c1-10-5-6-17(9-10)14(8-16)12-4-3-11(2)13(15)7-12/h3-4,7,10,14H,5-6,8-9,16H2,1-2H3. The zero-order chi connectivity index (χ0) is 12.4. The van der Waals surface area contributed by atoms with Crippen molar-refractivity contribution in [1.82, 2.24) is 4.90 Å². The first-order chi connectivity index (χ1) is 8.11. The van der Waals surface area contributed by atoms with Crippen LogP contribution in [0, 0.1) is 12.8 Å². The number of likely N-dealkylation sites (tertiary alicyclic amines) is 1. The summed E-state index contributed by atoms with van der Waals surface area (Å²) in [6.45, 7) is 7.48. The lowest BCUT2D eigenvalue weighted by atomic mass is 10.0. The molecule has 2 unspecified atom stereocenters. The number of hydrogen-bond acceptors (Lipinski definition) is 2. The average molecular weight is 297 g/mol. The van der Waals surface area contributed by atoms with E-state index >= 15 is 0 Å². The van der Waals surface area contributed by atoms with Gasteiger partial charge in [-0.15, -0.1) is 0 Å². The fourth-order valence-corrected chi connectivity index (χ4v) is 2.96. The van der Waals surface area contributed by atoms with Gasteiger partial charge in [0.15, 0.2) is 0 Å². The molecule has 0 amide bonds. The van der Waals surface area contributed by atoms with Gasteiger partial charge in [-0.3, -0.25) is 4.90 Å². The smallest absolute Gasteiger partial charge is 0.0470 e. The average Bonchev–Trinajstić information content (AvgIpc) is 2.71. The van der Waals surface area contributed by atoms with Crippen LogP contribution in [0.4, 0.5) is 0 Å². The van der Waals surface area contributed by atoms with E-state index in [1.807, 2.05) is 0 Å². The fraction of sp³-hybridized carbons (Fsp3) is 0.571. The van der Waals surface area contributed by atoms with Gasteiger partial charge in [-0.1, -0.05) is 35.0 Å². The molecule has 1 heterocycles. The summed E-state index contributed by atoms with van der Waals surface area (Å²) in [4.78, 5) is 2.52. The lowest BCUT2D eigenvalue weighted by Crippen LogP contribution is -2.32. The third-order valence-electron chi connectivity index (χ3n) is 3.70. The van der Waals surface area contributed by atoms with Crippen molar-refractivity contribution >= 4 is 15.9 Å². The summed E-state index contributed by atoms with van der Waals surface area (Å²) in [6.07, 6.45) is 1.30. The van der Waals surface area contributed by atoms with Crippen molar-refractivity contribution in [3.63, 3.8) is 0 Å². The fourth-order valence-electron chi connectivity index (χ4n) is 2.56. The van der Waals surface area contributed by atoms with Gasteiger partial charge in [0.05, 0.1) is 0 Å². The number of rotatable bonds is 3. The summed E-state index contributed by atoms with van der Waals surface area (Å²) in [7, 11) is 0.